The zero-order valence-electron chi connectivity index (χ0n) is 19.5. The summed E-state index contributed by atoms with van der Waals surface area (Å²) in [4.78, 5) is 0. The maximum absolute atomic E-state index is 3.51. The number of hydrogen-bond acceptors (Lipinski definition) is 4. The molecule has 0 amide bonds. The van der Waals surface area contributed by atoms with Gasteiger partial charge in [0, 0.05) is 48.9 Å². The summed E-state index contributed by atoms with van der Waals surface area (Å²) < 4.78 is 0. The third-order valence-corrected chi connectivity index (χ3v) is 6.20. The summed E-state index contributed by atoms with van der Waals surface area (Å²) in [6, 6.07) is 35.0. The Morgan fingerprint density at radius 2 is 0.500 bits per heavy atom. The fourth-order valence-electron chi connectivity index (χ4n) is 4.26. The molecular weight excluding hydrogens is 416 g/mol. The van der Waals surface area contributed by atoms with Crippen molar-refractivity contribution in [3.63, 3.8) is 0 Å². The van der Waals surface area contributed by atoms with Crippen molar-refractivity contribution < 1.29 is 0 Å². The van der Waals surface area contributed by atoms with Crippen molar-refractivity contribution in [2.24, 2.45) is 0 Å². The van der Waals surface area contributed by atoms with Crippen LogP contribution in [0.15, 0.2) is 97.1 Å². The van der Waals surface area contributed by atoms with Gasteiger partial charge < -0.3 is 21.3 Å². The fraction of sp³-hybridized carbons (Fsp3) is 0.200. The molecule has 0 atom stereocenters. The van der Waals surface area contributed by atoms with Crippen molar-refractivity contribution >= 4 is 22.7 Å². The number of nitrogens with one attached hydrogen (secondary N) is 4. The van der Waals surface area contributed by atoms with Gasteiger partial charge in [0.2, 0.25) is 0 Å². The Morgan fingerprint density at radius 3 is 0.706 bits per heavy atom. The van der Waals surface area contributed by atoms with E-state index in [4.69, 9.17) is 0 Å². The summed E-state index contributed by atoms with van der Waals surface area (Å²) in [7, 11) is 0. The van der Waals surface area contributed by atoms with Crippen LogP contribution in [-0.4, -0.2) is 26.2 Å². The second-order valence-electron chi connectivity index (χ2n) is 8.85. The van der Waals surface area contributed by atoms with Crippen LogP contribution in [0.4, 0.5) is 22.7 Å². The molecule has 4 heteroatoms. The van der Waals surface area contributed by atoms with Gasteiger partial charge in [0.25, 0.3) is 0 Å². The van der Waals surface area contributed by atoms with Crippen LogP contribution in [0, 0.1) is 0 Å². The molecule has 10 heterocycles. The number of anilines is 4. The molecule has 0 saturated heterocycles. The molecule has 4 aromatic rings. The SMILES string of the molecule is c1cc2ccc1Cc1ccc(cc1)NCCNc1ccc(cc1)Cc1ccc(cc1)NCCN2. The lowest BCUT2D eigenvalue weighted by Gasteiger charge is -2.12. The van der Waals surface area contributed by atoms with Crippen LogP contribution in [0.2, 0.25) is 0 Å². The van der Waals surface area contributed by atoms with Crippen molar-refractivity contribution in [1.82, 2.24) is 0 Å². The Bertz CT molecular complexity index is 973. The Balaban J connectivity index is 1.28. The molecule has 0 aromatic heterocycles. The third-order valence-electron chi connectivity index (χ3n) is 6.20. The Labute approximate surface area is 202 Å². The summed E-state index contributed by atoms with van der Waals surface area (Å²) in [6.07, 6.45) is 1.88. The molecule has 0 unspecified atom stereocenters. The summed E-state index contributed by atoms with van der Waals surface area (Å²) >= 11 is 0. The van der Waals surface area contributed by atoms with Gasteiger partial charge in [-0.3, -0.25) is 0 Å². The maximum Gasteiger partial charge on any atom is 0.0340 e. The molecule has 4 aromatic carbocycles. The Morgan fingerprint density at radius 1 is 0.294 bits per heavy atom. The highest BCUT2D eigenvalue weighted by atomic mass is 15.0. The standard InChI is InChI=1S/C30H32N4/c1-9-27-10-2-23(1)21-24-3-11-28(12-4-24)33-19-20-34-30-15-7-26(8-16-30)22-25-5-13-29(14-6-25)32-18-17-31-27/h1-16,31-34H,17-22H2. The molecule has 0 radical (unpaired) electrons. The largest absolute Gasteiger partial charge is 0.383 e. The van der Waals surface area contributed by atoms with E-state index in [1.54, 1.807) is 0 Å². The number of benzene rings is 4. The van der Waals surface area contributed by atoms with Gasteiger partial charge in [0.1, 0.15) is 0 Å². The van der Waals surface area contributed by atoms with Gasteiger partial charge in [-0.05, 0) is 83.6 Å². The summed E-state index contributed by atoms with van der Waals surface area (Å²) in [5.41, 5.74) is 9.90. The minimum absolute atomic E-state index is 0.871. The number of hydrogen-bond donors (Lipinski definition) is 4. The third kappa shape index (κ3) is 6.10. The lowest BCUT2D eigenvalue weighted by atomic mass is 10.0. The first-order valence-corrected chi connectivity index (χ1v) is 12.1. The highest BCUT2D eigenvalue weighted by Crippen LogP contribution is 2.18. The van der Waals surface area contributed by atoms with E-state index < -0.39 is 0 Å². The normalized spacial score (nSPS) is 14.1. The van der Waals surface area contributed by atoms with E-state index in [1.807, 2.05) is 0 Å². The highest BCUT2D eigenvalue weighted by Gasteiger charge is 2.01. The lowest BCUT2D eigenvalue weighted by molar-refractivity contribution is 1.07. The topological polar surface area (TPSA) is 48.1 Å². The quantitative estimate of drug-likeness (QED) is 0.258. The van der Waals surface area contributed by atoms with Crippen LogP contribution in [0.5, 0.6) is 0 Å². The van der Waals surface area contributed by atoms with Crippen molar-refractivity contribution in [1.29, 1.82) is 0 Å². The van der Waals surface area contributed by atoms with Gasteiger partial charge in [0.05, 0.1) is 0 Å². The van der Waals surface area contributed by atoms with Gasteiger partial charge in [-0.1, -0.05) is 48.5 Å². The molecule has 0 saturated carbocycles. The maximum atomic E-state index is 3.51. The van der Waals surface area contributed by atoms with Crippen LogP contribution in [0.1, 0.15) is 22.3 Å². The van der Waals surface area contributed by atoms with E-state index in [2.05, 4.69) is 118 Å². The number of rotatable bonds is 0. The smallest absolute Gasteiger partial charge is 0.0340 e. The first kappa shape index (κ1) is 21.9. The van der Waals surface area contributed by atoms with E-state index in [0.717, 1.165) is 61.8 Å². The summed E-state index contributed by atoms with van der Waals surface area (Å²) in [6.45, 7) is 3.48. The average molecular weight is 449 g/mol. The van der Waals surface area contributed by atoms with E-state index in [0.29, 0.717) is 0 Å². The minimum Gasteiger partial charge on any atom is -0.383 e. The first-order chi connectivity index (χ1) is 16.8. The summed E-state index contributed by atoms with van der Waals surface area (Å²) in [5, 5.41) is 14.0. The van der Waals surface area contributed by atoms with E-state index in [-0.39, 0.29) is 0 Å². The highest BCUT2D eigenvalue weighted by molar-refractivity contribution is 5.50. The zero-order chi connectivity index (χ0) is 23.0. The van der Waals surface area contributed by atoms with Gasteiger partial charge >= 0.3 is 0 Å². The van der Waals surface area contributed by atoms with Crippen LogP contribution >= 0.6 is 0 Å². The minimum atomic E-state index is 0.871. The van der Waals surface area contributed by atoms with Crippen LogP contribution < -0.4 is 21.3 Å². The van der Waals surface area contributed by atoms with E-state index >= 15 is 0 Å². The molecule has 172 valence electrons. The predicted molar refractivity (Wildman–Crippen MR) is 145 cm³/mol. The van der Waals surface area contributed by atoms with Gasteiger partial charge in [-0.25, -0.2) is 0 Å². The molecular formula is C30H32N4. The average Bonchev–Trinajstić information content (AvgIpc) is 2.88. The Hall–Kier alpha value is -3.92. The molecule has 4 nitrogen and oxygen atoms in total. The van der Waals surface area contributed by atoms with Gasteiger partial charge in [0.15, 0.2) is 0 Å². The Kier molecular flexibility index (Phi) is 6.96. The lowest BCUT2D eigenvalue weighted by Crippen LogP contribution is -2.13. The van der Waals surface area contributed by atoms with Crippen LogP contribution in [-0.2, 0) is 12.8 Å². The van der Waals surface area contributed by atoms with E-state index in [9.17, 15) is 0 Å². The zero-order valence-corrected chi connectivity index (χ0v) is 19.5. The second-order valence-corrected chi connectivity index (χ2v) is 8.85. The molecule has 14 rings (SSSR count). The summed E-state index contributed by atoms with van der Waals surface area (Å²) in [5.74, 6) is 0. The predicted octanol–water partition coefficient (Wildman–Crippen LogP) is 6.23. The first-order valence-electron chi connectivity index (χ1n) is 12.1. The van der Waals surface area contributed by atoms with Gasteiger partial charge in [-0.2, -0.15) is 0 Å². The van der Waals surface area contributed by atoms with Gasteiger partial charge in [-0.15, -0.1) is 0 Å². The van der Waals surface area contributed by atoms with Crippen molar-refractivity contribution in [3.8, 4) is 0 Å². The molecule has 10 aliphatic heterocycles. The van der Waals surface area contributed by atoms with Crippen molar-refractivity contribution in [2.45, 2.75) is 12.8 Å². The van der Waals surface area contributed by atoms with Crippen LogP contribution in [0.3, 0.4) is 0 Å². The molecule has 10 aliphatic rings. The molecule has 34 heavy (non-hydrogen) atoms. The second kappa shape index (κ2) is 10.8. The monoisotopic (exact) mass is 448 g/mol. The molecule has 0 fully saturated rings. The molecule has 0 spiro atoms. The molecule has 0 aliphatic carbocycles. The molecule has 8 bridgehead atoms. The van der Waals surface area contributed by atoms with E-state index in [1.165, 1.54) is 22.3 Å². The molecule has 4 N–H and O–H groups in total. The van der Waals surface area contributed by atoms with Crippen molar-refractivity contribution in [3.05, 3.63) is 119 Å². The fourth-order valence-corrected chi connectivity index (χ4v) is 4.26. The van der Waals surface area contributed by atoms with Crippen LogP contribution in [0.25, 0.3) is 0 Å². The van der Waals surface area contributed by atoms with Crippen molar-refractivity contribution in [2.75, 3.05) is 47.4 Å².